The lowest BCUT2D eigenvalue weighted by Crippen LogP contribution is -2.29. The summed E-state index contributed by atoms with van der Waals surface area (Å²) in [4.78, 5) is 23.3. The normalized spacial score (nSPS) is 10.1. The Morgan fingerprint density at radius 2 is 1.75 bits per heavy atom. The minimum absolute atomic E-state index is 0.226. The zero-order chi connectivity index (χ0) is 17.4. The van der Waals surface area contributed by atoms with E-state index >= 15 is 0 Å². The van der Waals surface area contributed by atoms with Crippen LogP contribution in [0.2, 0.25) is 0 Å². The second-order valence-corrected chi connectivity index (χ2v) is 5.48. The van der Waals surface area contributed by atoms with Crippen molar-refractivity contribution in [3.63, 3.8) is 0 Å². The van der Waals surface area contributed by atoms with E-state index in [1.54, 1.807) is 0 Å². The molecule has 0 saturated carbocycles. The van der Waals surface area contributed by atoms with E-state index in [0.29, 0.717) is 12.3 Å². The minimum Gasteiger partial charge on any atom is -0.482 e. The van der Waals surface area contributed by atoms with Crippen LogP contribution in [0.25, 0.3) is 0 Å². The molecule has 0 heterocycles. The van der Waals surface area contributed by atoms with Crippen molar-refractivity contribution in [2.75, 3.05) is 13.2 Å². The summed E-state index contributed by atoms with van der Waals surface area (Å²) in [6.45, 7) is 3.70. The Kier molecular flexibility index (Phi) is 6.37. The molecule has 0 aliphatic carbocycles. The zero-order valence-electron chi connectivity index (χ0n) is 13.9. The van der Waals surface area contributed by atoms with Gasteiger partial charge in [-0.05, 0) is 36.6 Å². The van der Waals surface area contributed by atoms with Gasteiger partial charge < -0.3 is 14.8 Å². The van der Waals surface area contributed by atoms with Gasteiger partial charge >= 0.3 is 5.97 Å². The number of carbonyl (C=O) groups excluding carboxylic acids is 2. The first-order valence-corrected chi connectivity index (χ1v) is 7.71. The minimum atomic E-state index is -0.578. The van der Waals surface area contributed by atoms with Crippen LogP contribution in [-0.4, -0.2) is 25.1 Å². The molecule has 5 heteroatoms. The number of hydrogen-bond donors (Lipinski definition) is 1. The molecule has 0 radical (unpaired) electrons. The number of benzene rings is 2. The fourth-order valence-corrected chi connectivity index (χ4v) is 2.03. The number of rotatable bonds is 7. The number of amides is 1. The van der Waals surface area contributed by atoms with Gasteiger partial charge in [-0.3, -0.25) is 4.79 Å². The Balaban J connectivity index is 1.69. The average Bonchev–Trinajstić information content (AvgIpc) is 2.59. The van der Waals surface area contributed by atoms with Gasteiger partial charge in [-0.1, -0.05) is 42.5 Å². The number of esters is 1. The Hall–Kier alpha value is -2.82. The van der Waals surface area contributed by atoms with E-state index in [2.05, 4.69) is 5.32 Å². The Bertz CT molecular complexity index is 698. The largest absolute Gasteiger partial charge is 0.482 e. The van der Waals surface area contributed by atoms with Crippen LogP contribution in [0, 0.1) is 13.8 Å². The zero-order valence-corrected chi connectivity index (χ0v) is 13.9. The lowest BCUT2D eigenvalue weighted by Gasteiger charge is -2.10. The van der Waals surface area contributed by atoms with Crippen molar-refractivity contribution in [2.24, 2.45) is 0 Å². The molecule has 0 saturated heterocycles. The van der Waals surface area contributed by atoms with Crippen LogP contribution in [0.3, 0.4) is 0 Å². The van der Waals surface area contributed by atoms with Crippen molar-refractivity contribution >= 4 is 11.9 Å². The van der Waals surface area contributed by atoms with Crippen molar-refractivity contribution in [3.05, 3.63) is 65.2 Å². The third kappa shape index (κ3) is 5.76. The summed E-state index contributed by atoms with van der Waals surface area (Å²) >= 11 is 0. The van der Waals surface area contributed by atoms with E-state index < -0.39 is 5.97 Å². The van der Waals surface area contributed by atoms with E-state index in [9.17, 15) is 9.59 Å². The van der Waals surface area contributed by atoms with E-state index in [1.165, 1.54) is 0 Å². The smallest absolute Gasteiger partial charge is 0.344 e. The number of nitrogens with one attached hydrogen (secondary N) is 1. The average molecular weight is 327 g/mol. The van der Waals surface area contributed by atoms with Crippen molar-refractivity contribution in [3.8, 4) is 5.75 Å². The molecule has 0 unspecified atom stereocenters. The van der Waals surface area contributed by atoms with Crippen LogP contribution >= 0.6 is 0 Å². The van der Waals surface area contributed by atoms with Gasteiger partial charge in [0, 0.05) is 6.54 Å². The quantitative estimate of drug-likeness (QED) is 0.794. The lowest BCUT2D eigenvalue weighted by molar-refractivity contribution is -0.150. The standard InChI is InChI=1S/C19H21NO4/c1-14-8-9-15(2)17(10-14)23-13-19(22)24-12-18(21)20-11-16-6-4-3-5-7-16/h3-10H,11-13H2,1-2H3,(H,20,21). The van der Waals surface area contributed by atoms with Crippen LogP contribution in [0.1, 0.15) is 16.7 Å². The first-order valence-electron chi connectivity index (χ1n) is 7.71. The van der Waals surface area contributed by atoms with E-state index in [-0.39, 0.29) is 19.1 Å². The molecule has 2 rings (SSSR count). The monoisotopic (exact) mass is 327 g/mol. The summed E-state index contributed by atoms with van der Waals surface area (Å²) in [6, 6.07) is 15.3. The van der Waals surface area contributed by atoms with E-state index in [4.69, 9.17) is 9.47 Å². The maximum atomic E-state index is 11.7. The van der Waals surface area contributed by atoms with Gasteiger partial charge in [0.05, 0.1) is 0 Å². The number of carbonyl (C=O) groups is 2. The summed E-state index contributed by atoms with van der Waals surface area (Å²) in [7, 11) is 0. The maximum absolute atomic E-state index is 11.7. The highest BCUT2D eigenvalue weighted by Gasteiger charge is 2.09. The molecule has 126 valence electrons. The molecule has 5 nitrogen and oxygen atoms in total. The van der Waals surface area contributed by atoms with Crippen molar-refractivity contribution in [2.45, 2.75) is 20.4 Å². The Morgan fingerprint density at radius 1 is 1.00 bits per heavy atom. The van der Waals surface area contributed by atoms with Crippen LogP contribution < -0.4 is 10.1 Å². The lowest BCUT2D eigenvalue weighted by atomic mass is 10.1. The van der Waals surface area contributed by atoms with Crippen molar-refractivity contribution in [1.82, 2.24) is 5.32 Å². The van der Waals surface area contributed by atoms with Gasteiger partial charge in [0.25, 0.3) is 5.91 Å². The van der Waals surface area contributed by atoms with Gasteiger partial charge in [0.1, 0.15) is 5.75 Å². The van der Waals surface area contributed by atoms with E-state index in [1.807, 2.05) is 62.4 Å². The van der Waals surface area contributed by atoms with Gasteiger partial charge in [0.2, 0.25) is 0 Å². The molecule has 2 aromatic carbocycles. The second-order valence-electron chi connectivity index (χ2n) is 5.48. The van der Waals surface area contributed by atoms with Crippen LogP contribution in [0.4, 0.5) is 0 Å². The molecule has 0 bridgehead atoms. The van der Waals surface area contributed by atoms with Crippen LogP contribution in [0.15, 0.2) is 48.5 Å². The second kappa shape index (κ2) is 8.72. The van der Waals surface area contributed by atoms with Gasteiger partial charge in [-0.2, -0.15) is 0 Å². The first kappa shape index (κ1) is 17.5. The molecule has 0 spiro atoms. The third-order valence-corrected chi connectivity index (χ3v) is 3.39. The maximum Gasteiger partial charge on any atom is 0.344 e. The molecule has 1 N–H and O–H groups in total. The first-order chi connectivity index (χ1) is 11.5. The highest BCUT2D eigenvalue weighted by Crippen LogP contribution is 2.18. The van der Waals surface area contributed by atoms with E-state index in [0.717, 1.165) is 16.7 Å². The molecule has 24 heavy (non-hydrogen) atoms. The molecule has 0 aliphatic rings. The number of ether oxygens (including phenoxy) is 2. The summed E-state index contributed by atoms with van der Waals surface area (Å²) < 4.78 is 10.3. The highest BCUT2D eigenvalue weighted by molar-refractivity contribution is 5.80. The Labute approximate surface area is 141 Å². The molecule has 1 amide bonds. The molecule has 0 fully saturated rings. The molecular weight excluding hydrogens is 306 g/mol. The summed E-state index contributed by atoms with van der Waals surface area (Å²) in [5.41, 5.74) is 2.97. The summed E-state index contributed by atoms with van der Waals surface area (Å²) in [5, 5.41) is 2.69. The van der Waals surface area contributed by atoms with Crippen LogP contribution in [0.5, 0.6) is 5.75 Å². The van der Waals surface area contributed by atoms with Crippen molar-refractivity contribution in [1.29, 1.82) is 0 Å². The highest BCUT2D eigenvalue weighted by atomic mass is 16.6. The number of hydrogen-bond acceptors (Lipinski definition) is 4. The SMILES string of the molecule is Cc1ccc(C)c(OCC(=O)OCC(=O)NCc2ccccc2)c1. The topological polar surface area (TPSA) is 64.6 Å². The Morgan fingerprint density at radius 3 is 2.50 bits per heavy atom. The molecule has 0 aromatic heterocycles. The molecule has 0 atom stereocenters. The predicted octanol–water partition coefficient (Wildman–Crippen LogP) is 2.54. The molecule has 2 aromatic rings. The fourth-order valence-electron chi connectivity index (χ4n) is 2.03. The summed E-state index contributed by atoms with van der Waals surface area (Å²) in [6.07, 6.45) is 0. The van der Waals surface area contributed by atoms with Gasteiger partial charge in [-0.25, -0.2) is 4.79 Å². The summed E-state index contributed by atoms with van der Waals surface area (Å²) in [5.74, 6) is -0.287. The predicted molar refractivity (Wildman–Crippen MR) is 90.7 cm³/mol. The van der Waals surface area contributed by atoms with Gasteiger partial charge in [0.15, 0.2) is 13.2 Å². The molecular formula is C19H21NO4. The van der Waals surface area contributed by atoms with Crippen molar-refractivity contribution < 1.29 is 19.1 Å². The number of aryl methyl sites for hydroxylation is 2. The van der Waals surface area contributed by atoms with Gasteiger partial charge in [-0.15, -0.1) is 0 Å². The third-order valence-electron chi connectivity index (χ3n) is 3.39. The van der Waals surface area contributed by atoms with Crippen LogP contribution in [-0.2, 0) is 20.9 Å². The fraction of sp³-hybridized carbons (Fsp3) is 0.263. The molecule has 0 aliphatic heterocycles.